The van der Waals surface area contributed by atoms with Crippen LogP contribution in [0.2, 0.25) is 0 Å². The lowest BCUT2D eigenvalue weighted by Crippen LogP contribution is -2.28. The number of benzene rings is 1. The Morgan fingerprint density at radius 2 is 2.05 bits per heavy atom. The van der Waals surface area contributed by atoms with Crippen LogP contribution in [0.25, 0.3) is 0 Å². The molecule has 0 aromatic heterocycles. The van der Waals surface area contributed by atoms with Crippen LogP contribution < -0.4 is 4.74 Å². The van der Waals surface area contributed by atoms with Gasteiger partial charge in [-0.05, 0) is 31.3 Å². The summed E-state index contributed by atoms with van der Waals surface area (Å²) >= 11 is 0. The molecule has 0 spiro atoms. The lowest BCUT2D eigenvalue weighted by atomic mass is 10.2. The highest BCUT2D eigenvalue weighted by molar-refractivity contribution is 5.40. The lowest BCUT2D eigenvalue weighted by molar-refractivity contribution is 0.217. The predicted molar refractivity (Wildman–Crippen MR) is 73.6 cm³/mol. The van der Waals surface area contributed by atoms with Crippen LogP contribution in [0.3, 0.4) is 0 Å². The van der Waals surface area contributed by atoms with Gasteiger partial charge in [0.2, 0.25) is 0 Å². The zero-order valence-electron chi connectivity index (χ0n) is 11.4. The standard InChI is InChI=1S/C15H20FNO2/c1-3-17(4-2)9-11-19-15-12-13(6-5-10-18)7-8-14(15)16/h7-8,12,18H,3-4,9-11H2,1-2H3. The van der Waals surface area contributed by atoms with Gasteiger partial charge in [0.1, 0.15) is 13.2 Å². The molecule has 1 rings (SSSR count). The van der Waals surface area contributed by atoms with Gasteiger partial charge in [-0.15, -0.1) is 0 Å². The van der Waals surface area contributed by atoms with Crippen LogP contribution in [-0.2, 0) is 0 Å². The third kappa shape index (κ3) is 5.29. The molecule has 0 unspecified atom stereocenters. The van der Waals surface area contributed by atoms with E-state index in [-0.39, 0.29) is 12.4 Å². The van der Waals surface area contributed by atoms with E-state index in [0.717, 1.165) is 19.6 Å². The Kier molecular flexibility index (Phi) is 6.94. The van der Waals surface area contributed by atoms with Gasteiger partial charge in [-0.2, -0.15) is 0 Å². The fraction of sp³-hybridized carbons (Fsp3) is 0.467. The molecular weight excluding hydrogens is 245 g/mol. The van der Waals surface area contributed by atoms with Crippen LogP contribution in [0, 0.1) is 17.7 Å². The van der Waals surface area contributed by atoms with E-state index in [1.165, 1.54) is 6.07 Å². The molecule has 1 aromatic carbocycles. The summed E-state index contributed by atoms with van der Waals surface area (Å²) in [5.74, 6) is 5.06. The first-order valence-corrected chi connectivity index (χ1v) is 6.45. The molecule has 4 heteroatoms. The van der Waals surface area contributed by atoms with E-state index in [4.69, 9.17) is 9.84 Å². The summed E-state index contributed by atoms with van der Waals surface area (Å²) in [6, 6.07) is 4.45. The van der Waals surface area contributed by atoms with Gasteiger partial charge < -0.3 is 14.7 Å². The van der Waals surface area contributed by atoms with Gasteiger partial charge in [-0.25, -0.2) is 4.39 Å². The van der Waals surface area contributed by atoms with Gasteiger partial charge in [0.05, 0.1) is 0 Å². The van der Waals surface area contributed by atoms with E-state index in [1.807, 2.05) is 0 Å². The maximum Gasteiger partial charge on any atom is 0.165 e. The van der Waals surface area contributed by atoms with E-state index >= 15 is 0 Å². The SMILES string of the molecule is CCN(CC)CCOc1cc(C#CCO)ccc1F. The molecule has 0 heterocycles. The van der Waals surface area contributed by atoms with E-state index in [1.54, 1.807) is 12.1 Å². The highest BCUT2D eigenvalue weighted by Crippen LogP contribution is 2.18. The van der Waals surface area contributed by atoms with E-state index in [2.05, 4.69) is 30.6 Å². The maximum absolute atomic E-state index is 13.5. The van der Waals surface area contributed by atoms with Crippen molar-refractivity contribution in [3.8, 4) is 17.6 Å². The van der Waals surface area contributed by atoms with Gasteiger partial charge in [-0.3, -0.25) is 0 Å². The van der Waals surface area contributed by atoms with Crippen molar-refractivity contribution in [2.24, 2.45) is 0 Å². The number of likely N-dealkylation sites (N-methyl/N-ethyl adjacent to an activating group) is 1. The Bertz CT molecular complexity index is 447. The van der Waals surface area contributed by atoms with Crippen LogP contribution in [-0.4, -0.2) is 42.9 Å². The minimum atomic E-state index is -0.394. The molecule has 0 saturated carbocycles. The monoisotopic (exact) mass is 265 g/mol. The fourth-order valence-corrected chi connectivity index (χ4v) is 1.66. The van der Waals surface area contributed by atoms with Crippen molar-refractivity contribution < 1.29 is 14.2 Å². The third-order valence-electron chi connectivity index (χ3n) is 2.80. The number of halogens is 1. The zero-order chi connectivity index (χ0) is 14.1. The Morgan fingerprint density at radius 1 is 1.32 bits per heavy atom. The molecule has 1 N–H and O–H groups in total. The molecule has 0 amide bonds. The molecule has 0 aliphatic heterocycles. The molecule has 0 aliphatic carbocycles. The van der Waals surface area contributed by atoms with Crippen LogP contribution in [0.5, 0.6) is 5.75 Å². The maximum atomic E-state index is 13.5. The molecule has 0 bridgehead atoms. The van der Waals surface area contributed by atoms with E-state index in [9.17, 15) is 4.39 Å². The second kappa shape index (κ2) is 8.52. The molecule has 1 aromatic rings. The van der Waals surface area contributed by atoms with Gasteiger partial charge in [0.15, 0.2) is 11.6 Å². The van der Waals surface area contributed by atoms with Crippen molar-refractivity contribution in [3.63, 3.8) is 0 Å². The normalized spacial score (nSPS) is 10.2. The Balaban J connectivity index is 2.61. The molecule has 0 saturated heterocycles. The van der Waals surface area contributed by atoms with Crippen LogP contribution in [0.4, 0.5) is 4.39 Å². The average Bonchev–Trinajstić information content (AvgIpc) is 2.44. The zero-order valence-corrected chi connectivity index (χ0v) is 11.4. The molecule has 3 nitrogen and oxygen atoms in total. The van der Waals surface area contributed by atoms with Crippen LogP contribution >= 0.6 is 0 Å². The number of rotatable bonds is 6. The summed E-state index contributed by atoms with van der Waals surface area (Å²) in [6.07, 6.45) is 0. The molecule has 0 fully saturated rings. The number of nitrogens with zero attached hydrogens (tertiary/aromatic N) is 1. The summed E-state index contributed by atoms with van der Waals surface area (Å²) in [5, 5.41) is 8.62. The van der Waals surface area contributed by atoms with Gasteiger partial charge in [-0.1, -0.05) is 25.7 Å². The molecule has 0 atom stereocenters. The Hall–Kier alpha value is -1.57. The van der Waals surface area contributed by atoms with Crippen LogP contribution in [0.15, 0.2) is 18.2 Å². The summed E-state index contributed by atoms with van der Waals surface area (Å²) < 4.78 is 19.0. The van der Waals surface area contributed by atoms with E-state index in [0.29, 0.717) is 12.2 Å². The van der Waals surface area contributed by atoms with Crippen molar-refractivity contribution in [1.82, 2.24) is 4.90 Å². The fourth-order valence-electron chi connectivity index (χ4n) is 1.66. The number of aliphatic hydroxyl groups is 1. The van der Waals surface area contributed by atoms with Crippen molar-refractivity contribution in [3.05, 3.63) is 29.6 Å². The summed E-state index contributed by atoms with van der Waals surface area (Å²) in [4.78, 5) is 2.20. The quantitative estimate of drug-likeness (QED) is 0.797. The van der Waals surface area contributed by atoms with Gasteiger partial charge in [0.25, 0.3) is 0 Å². The Labute approximate surface area is 114 Å². The topological polar surface area (TPSA) is 32.7 Å². The molecule has 0 radical (unpaired) electrons. The number of ether oxygens (including phenoxy) is 1. The van der Waals surface area contributed by atoms with Gasteiger partial charge >= 0.3 is 0 Å². The predicted octanol–water partition coefficient (Wildman–Crippen LogP) is 1.89. The highest BCUT2D eigenvalue weighted by Gasteiger charge is 2.05. The molecule has 104 valence electrons. The van der Waals surface area contributed by atoms with Crippen molar-refractivity contribution in [2.75, 3.05) is 32.8 Å². The Morgan fingerprint density at radius 3 is 2.68 bits per heavy atom. The summed E-state index contributed by atoms with van der Waals surface area (Å²) in [7, 11) is 0. The first kappa shape index (κ1) is 15.5. The minimum absolute atomic E-state index is 0.205. The second-order valence-corrected chi connectivity index (χ2v) is 3.98. The van der Waals surface area contributed by atoms with Crippen molar-refractivity contribution in [2.45, 2.75) is 13.8 Å². The van der Waals surface area contributed by atoms with E-state index < -0.39 is 5.82 Å². The molecular formula is C15H20FNO2. The first-order valence-electron chi connectivity index (χ1n) is 6.45. The number of hydrogen-bond acceptors (Lipinski definition) is 3. The highest BCUT2D eigenvalue weighted by atomic mass is 19.1. The number of hydrogen-bond donors (Lipinski definition) is 1. The van der Waals surface area contributed by atoms with Crippen LogP contribution in [0.1, 0.15) is 19.4 Å². The first-order chi connectivity index (χ1) is 9.21. The number of aliphatic hydroxyl groups excluding tert-OH is 1. The molecule has 0 aliphatic rings. The summed E-state index contributed by atoms with van der Waals surface area (Å²) in [6.45, 7) is 7.04. The van der Waals surface area contributed by atoms with Crippen molar-refractivity contribution in [1.29, 1.82) is 0 Å². The lowest BCUT2D eigenvalue weighted by Gasteiger charge is -2.18. The van der Waals surface area contributed by atoms with Gasteiger partial charge in [0, 0.05) is 12.1 Å². The molecule has 19 heavy (non-hydrogen) atoms. The smallest absolute Gasteiger partial charge is 0.165 e. The van der Waals surface area contributed by atoms with Crippen molar-refractivity contribution >= 4 is 0 Å². The minimum Gasteiger partial charge on any atom is -0.489 e. The average molecular weight is 265 g/mol. The third-order valence-corrected chi connectivity index (χ3v) is 2.80. The summed E-state index contributed by atoms with van der Waals surface area (Å²) in [5.41, 5.74) is 0.633. The largest absolute Gasteiger partial charge is 0.489 e. The second-order valence-electron chi connectivity index (χ2n) is 3.98.